The maximum Gasteiger partial charge on any atom is 0.420 e. The molecular weight excluding hydrogens is 448 g/mol. The van der Waals surface area contributed by atoms with Crippen molar-refractivity contribution < 1.29 is 23.9 Å². The second-order valence-corrected chi connectivity index (χ2v) is 9.69. The molecule has 0 fully saturated rings. The lowest BCUT2D eigenvalue weighted by molar-refractivity contribution is -0.117. The molecule has 0 aliphatic carbocycles. The van der Waals surface area contributed by atoms with Crippen molar-refractivity contribution in [1.82, 2.24) is 14.9 Å². The van der Waals surface area contributed by atoms with E-state index in [-0.39, 0.29) is 18.6 Å². The number of rotatable bonds is 3. The molecule has 1 aliphatic rings. The van der Waals surface area contributed by atoms with E-state index < -0.39 is 23.8 Å². The van der Waals surface area contributed by atoms with Gasteiger partial charge < -0.3 is 19.7 Å². The Labute approximate surface area is 204 Å². The molecule has 4 rings (SSSR count). The van der Waals surface area contributed by atoms with Gasteiger partial charge in [0.25, 0.3) is 0 Å². The van der Waals surface area contributed by atoms with Gasteiger partial charge in [0.2, 0.25) is 5.91 Å². The van der Waals surface area contributed by atoms with Crippen LogP contribution in [0.25, 0.3) is 11.0 Å². The van der Waals surface area contributed by atoms with Crippen LogP contribution in [0.15, 0.2) is 48.8 Å². The fraction of sp³-hybridized carbons (Fsp3) is 0.385. The van der Waals surface area contributed by atoms with E-state index in [1.807, 2.05) is 37.3 Å². The number of carbonyl (C=O) groups is 3. The van der Waals surface area contributed by atoms with Gasteiger partial charge in [0, 0.05) is 18.5 Å². The molecule has 2 heterocycles. The molecule has 9 nitrogen and oxygen atoms in total. The molecule has 9 heteroatoms. The van der Waals surface area contributed by atoms with Crippen LogP contribution in [0.3, 0.4) is 0 Å². The molecule has 0 unspecified atom stereocenters. The zero-order valence-corrected chi connectivity index (χ0v) is 20.6. The summed E-state index contributed by atoms with van der Waals surface area (Å²) < 4.78 is 12.4. The average Bonchev–Trinajstić information content (AvgIpc) is 3.21. The summed E-state index contributed by atoms with van der Waals surface area (Å²) in [5, 5.41) is 2.94. The highest BCUT2D eigenvalue weighted by atomic mass is 16.6. The highest BCUT2D eigenvalue weighted by molar-refractivity contribution is 6.00. The van der Waals surface area contributed by atoms with E-state index in [1.165, 1.54) is 17.8 Å². The van der Waals surface area contributed by atoms with Crippen molar-refractivity contribution in [1.29, 1.82) is 0 Å². The van der Waals surface area contributed by atoms with E-state index >= 15 is 0 Å². The SMILES string of the molecule is CC(=O)N1c2ccc3ncn(C(=O)OC(C)(C)C)c3c2[C@@H](NC(=O)OCc2ccccc2)C[C@H]1C. The van der Waals surface area contributed by atoms with Crippen LogP contribution in [0.5, 0.6) is 0 Å². The summed E-state index contributed by atoms with van der Waals surface area (Å²) in [4.78, 5) is 44.4. The smallest absolute Gasteiger partial charge is 0.420 e. The van der Waals surface area contributed by atoms with Gasteiger partial charge in [0.1, 0.15) is 18.5 Å². The van der Waals surface area contributed by atoms with Gasteiger partial charge in [-0.25, -0.2) is 19.1 Å². The van der Waals surface area contributed by atoms with Gasteiger partial charge in [0.15, 0.2) is 0 Å². The lowest BCUT2D eigenvalue weighted by atomic mass is 9.90. The van der Waals surface area contributed by atoms with E-state index in [1.54, 1.807) is 37.8 Å². The Morgan fingerprint density at radius 1 is 1.11 bits per heavy atom. The summed E-state index contributed by atoms with van der Waals surface area (Å²) >= 11 is 0. The van der Waals surface area contributed by atoms with E-state index in [2.05, 4.69) is 10.3 Å². The third kappa shape index (κ3) is 5.13. The summed E-state index contributed by atoms with van der Waals surface area (Å²) in [5.41, 5.74) is 2.44. The zero-order valence-electron chi connectivity index (χ0n) is 20.6. The minimum absolute atomic E-state index is 0.126. The molecular formula is C26H30N4O5. The summed E-state index contributed by atoms with van der Waals surface area (Å²) in [6, 6.07) is 12.2. The van der Waals surface area contributed by atoms with Crippen LogP contribution < -0.4 is 10.2 Å². The number of ether oxygens (including phenoxy) is 2. The van der Waals surface area contributed by atoms with Crippen molar-refractivity contribution in [3.63, 3.8) is 0 Å². The Bertz CT molecular complexity index is 1260. The number of amides is 2. The van der Waals surface area contributed by atoms with Crippen molar-refractivity contribution in [2.45, 2.75) is 65.3 Å². The number of alkyl carbamates (subject to hydrolysis) is 1. The number of carbonyl (C=O) groups excluding carboxylic acids is 3. The number of fused-ring (bicyclic) bond motifs is 3. The summed E-state index contributed by atoms with van der Waals surface area (Å²) in [5.74, 6) is -0.133. The second kappa shape index (κ2) is 9.40. The Balaban J connectivity index is 1.73. The largest absolute Gasteiger partial charge is 0.445 e. The molecule has 184 valence electrons. The molecule has 0 saturated carbocycles. The van der Waals surface area contributed by atoms with Crippen molar-refractivity contribution in [2.75, 3.05) is 4.90 Å². The second-order valence-electron chi connectivity index (χ2n) is 9.69. The maximum absolute atomic E-state index is 13.0. The number of imidazole rings is 1. The van der Waals surface area contributed by atoms with Gasteiger partial charge in [-0.2, -0.15) is 0 Å². The lowest BCUT2D eigenvalue weighted by Crippen LogP contribution is -2.45. The van der Waals surface area contributed by atoms with Gasteiger partial charge in [-0.3, -0.25) is 4.79 Å². The topological polar surface area (TPSA) is 103 Å². The summed E-state index contributed by atoms with van der Waals surface area (Å²) in [7, 11) is 0. The standard InChI is InChI=1S/C26H30N4O5/c1-16-13-20(28-24(32)34-14-18-9-7-6-8-10-18)22-21(30(16)17(2)31)12-11-19-23(22)29(15-27-19)25(33)35-26(3,4)5/h6-12,15-16,20H,13-14H2,1-5H3,(H,28,32)/t16-,20+/m1/s1. The van der Waals surface area contributed by atoms with E-state index in [0.717, 1.165) is 5.56 Å². The first-order valence-electron chi connectivity index (χ1n) is 11.6. The number of aromatic nitrogens is 2. The number of benzene rings is 2. The fourth-order valence-corrected chi connectivity index (χ4v) is 4.44. The highest BCUT2D eigenvalue weighted by Crippen LogP contribution is 2.41. The molecule has 0 radical (unpaired) electrons. The molecule has 0 spiro atoms. The summed E-state index contributed by atoms with van der Waals surface area (Å²) in [6.07, 6.45) is 0.659. The van der Waals surface area contributed by atoms with E-state index in [4.69, 9.17) is 9.47 Å². The lowest BCUT2D eigenvalue weighted by Gasteiger charge is -2.39. The maximum atomic E-state index is 13.0. The Morgan fingerprint density at radius 3 is 2.49 bits per heavy atom. The number of nitrogens with one attached hydrogen (secondary N) is 1. The first kappa shape index (κ1) is 24.3. The fourth-order valence-electron chi connectivity index (χ4n) is 4.44. The van der Waals surface area contributed by atoms with Gasteiger partial charge in [-0.05, 0) is 51.8 Å². The zero-order chi connectivity index (χ0) is 25.3. The van der Waals surface area contributed by atoms with Crippen LogP contribution in [0.2, 0.25) is 0 Å². The third-order valence-electron chi connectivity index (χ3n) is 5.79. The monoisotopic (exact) mass is 478 g/mol. The minimum Gasteiger partial charge on any atom is -0.445 e. The van der Waals surface area contributed by atoms with Gasteiger partial charge in [-0.1, -0.05) is 30.3 Å². The molecule has 2 aromatic carbocycles. The first-order valence-corrected chi connectivity index (χ1v) is 11.6. The molecule has 0 saturated heterocycles. The van der Waals surface area contributed by atoms with E-state index in [0.29, 0.717) is 28.7 Å². The number of anilines is 1. The van der Waals surface area contributed by atoms with Crippen LogP contribution in [0, 0.1) is 0 Å². The molecule has 2 amide bonds. The Morgan fingerprint density at radius 2 is 1.83 bits per heavy atom. The molecule has 3 aromatic rings. The van der Waals surface area contributed by atoms with Crippen molar-refractivity contribution in [3.8, 4) is 0 Å². The molecule has 1 aromatic heterocycles. The summed E-state index contributed by atoms with van der Waals surface area (Å²) in [6.45, 7) is 8.89. The van der Waals surface area contributed by atoms with Crippen LogP contribution in [-0.2, 0) is 20.9 Å². The van der Waals surface area contributed by atoms with Gasteiger partial charge >= 0.3 is 12.2 Å². The molecule has 2 atom stereocenters. The Hall–Kier alpha value is -3.88. The van der Waals surface area contributed by atoms with Crippen LogP contribution in [0.4, 0.5) is 15.3 Å². The predicted molar refractivity (Wildman–Crippen MR) is 131 cm³/mol. The predicted octanol–water partition coefficient (Wildman–Crippen LogP) is 4.93. The average molecular weight is 479 g/mol. The quantitative estimate of drug-likeness (QED) is 0.572. The number of nitrogens with zero attached hydrogens (tertiary/aromatic N) is 3. The normalized spacial score (nSPS) is 17.6. The molecule has 35 heavy (non-hydrogen) atoms. The highest BCUT2D eigenvalue weighted by Gasteiger charge is 2.36. The first-order chi connectivity index (χ1) is 16.5. The van der Waals surface area contributed by atoms with Crippen LogP contribution >= 0.6 is 0 Å². The van der Waals surface area contributed by atoms with Crippen LogP contribution in [0.1, 0.15) is 58.2 Å². The Kier molecular flexibility index (Phi) is 6.51. The third-order valence-corrected chi connectivity index (χ3v) is 5.79. The van der Waals surface area contributed by atoms with Crippen molar-refractivity contribution in [2.24, 2.45) is 0 Å². The molecule has 1 aliphatic heterocycles. The van der Waals surface area contributed by atoms with Crippen molar-refractivity contribution >= 4 is 34.8 Å². The molecule has 1 N–H and O–H groups in total. The molecule has 0 bridgehead atoms. The van der Waals surface area contributed by atoms with Gasteiger partial charge in [0.05, 0.1) is 22.8 Å². The minimum atomic E-state index is -0.707. The number of hydrogen-bond donors (Lipinski definition) is 1. The van der Waals surface area contributed by atoms with Crippen molar-refractivity contribution in [3.05, 3.63) is 59.9 Å². The van der Waals surface area contributed by atoms with Gasteiger partial charge in [-0.15, -0.1) is 0 Å². The van der Waals surface area contributed by atoms with E-state index in [9.17, 15) is 14.4 Å². The van der Waals surface area contributed by atoms with Crippen LogP contribution in [-0.4, -0.2) is 39.3 Å². The number of hydrogen-bond acceptors (Lipinski definition) is 6.